The van der Waals surface area contributed by atoms with Crippen LogP contribution in [0.4, 0.5) is 31.4 Å². The lowest BCUT2D eigenvalue weighted by Crippen LogP contribution is -2.44. The monoisotopic (exact) mass is 506 g/mol. The Kier molecular flexibility index (Phi) is 11.1. The van der Waals surface area contributed by atoms with E-state index in [1.54, 1.807) is 73.6 Å². The van der Waals surface area contributed by atoms with Crippen molar-refractivity contribution in [1.29, 1.82) is 0 Å². The highest BCUT2D eigenvalue weighted by molar-refractivity contribution is 5.90. The molecule has 0 unspecified atom stereocenters. The molecule has 0 atom stereocenters. The van der Waals surface area contributed by atoms with Gasteiger partial charge in [0, 0.05) is 93.5 Å². The summed E-state index contributed by atoms with van der Waals surface area (Å²) in [6.07, 6.45) is 9.54. The molecule has 3 aromatic heterocycles. The van der Waals surface area contributed by atoms with Gasteiger partial charge in [-0.25, -0.2) is 14.4 Å². The molecule has 6 amide bonds. The minimum Gasteiger partial charge on any atom is -0.337 e. The van der Waals surface area contributed by atoms with Crippen LogP contribution in [0.5, 0.6) is 0 Å². The first kappa shape index (κ1) is 26.8. The van der Waals surface area contributed by atoms with Gasteiger partial charge in [-0.3, -0.25) is 19.9 Å². The van der Waals surface area contributed by atoms with Gasteiger partial charge in [-0.05, 0) is 36.4 Å². The SMILES string of the molecule is O=C(NCCN(CCNC(=O)Nc1ccncc1)CCNC(=O)Nc1ccncc1)Nc1ccncc1. The van der Waals surface area contributed by atoms with Crippen LogP contribution in [0, 0.1) is 0 Å². The van der Waals surface area contributed by atoms with Gasteiger partial charge in [0.1, 0.15) is 0 Å². The molecular weight excluding hydrogens is 476 g/mol. The van der Waals surface area contributed by atoms with Gasteiger partial charge in [-0.15, -0.1) is 0 Å². The smallest absolute Gasteiger partial charge is 0.319 e. The second-order valence-electron chi connectivity index (χ2n) is 7.69. The summed E-state index contributed by atoms with van der Waals surface area (Å²) in [5.74, 6) is 0. The molecule has 3 heterocycles. The van der Waals surface area contributed by atoms with E-state index in [2.05, 4.69) is 46.9 Å². The minimum absolute atomic E-state index is 0.337. The number of amides is 6. The number of anilines is 3. The lowest BCUT2D eigenvalue weighted by atomic mass is 10.4. The van der Waals surface area contributed by atoms with Gasteiger partial charge in [-0.1, -0.05) is 0 Å². The fraction of sp³-hybridized carbons (Fsp3) is 0.250. The van der Waals surface area contributed by atoms with Crippen LogP contribution < -0.4 is 31.9 Å². The van der Waals surface area contributed by atoms with E-state index in [0.29, 0.717) is 56.3 Å². The quantitative estimate of drug-likeness (QED) is 0.218. The third kappa shape index (κ3) is 11.0. The first-order chi connectivity index (χ1) is 18.1. The van der Waals surface area contributed by atoms with E-state index < -0.39 is 0 Å². The van der Waals surface area contributed by atoms with Gasteiger partial charge < -0.3 is 31.9 Å². The normalized spacial score (nSPS) is 10.3. The van der Waals surface area contributed by atoms with Gasteiger partial charge in [-0.2, -0.15) is 0 Å². The number of carbonyl (C=O) groups excluding carboxylic acids is 3. The third-order valence-electron chi connectivity index (χ3n) is 4.96. The van der Waals surface area contributed by atoms with Crippen molar-refractivity contribution in [2.75, 3.05) is 55.2 Å². The van der Waals surface area contributed by atoms with Crippen LogP contribution in [0.15, 0.2) is 73.6 Å². The Labute approximate surface area is 214 Å². The number of carbonyl (C=O) groups is 3. The first-order valence-corrected chi connectivity index (χ1v) is 11.7. The van der Waals surface area contributed by atoms with Crippen molar-refractivity contribution in [1.82, 2.24) is 35.8 Å². The lowest BCUT2D eigenvalue weighted by Gasteiger charge is -2.23. The van der Waals surface area contributed by atoms with E-state index in [9.17, 15) is 14.4 Å². The Morgan fingerprint density at radius 2 is 0.784 bits per heavy atom. The number of hydrogen-bond acceptors (Lipinski definition) is 7. The Balaban J connectivity index is 1.42. The maximum Gasteiger partial charge on any atom is 0.319 e. The highest BCUT2D eigenvalue weighted by Gasteiger charge is 2.09. The van der Waals surface area contributed by atoms with Crippen LogP contribution in [0.25, 0.3) is 0 Å². The highest BCUT2D eigenvalue weighted by atomic mass is 16.2. The molecule has 0 aliphatic rings. The number of rotatable bonds is 12. The largest absolute Gasteiger partial charge is 0.337 e. The molecule has 37 heavy (non-hydrogen) atoms. The van der Waals surface area contributed by atoms with E-state index in [-0.39, 0.29) is 18.1 Å². The van der Waals surface area contributed by atoms with Crippen LogP contribution in [0.2, 0.25) is 0 Å². The molecule has 0 aromatic carbocycles. The molecule has 13 nitrogen and oxygen atoms in total. The number of urea groups is 3. The van der Waals surface area contributed by atoms with Crippen molar-refractivity contribution in [2.45, 2.75) is 0 Å². The summed E-state index contributed by atoms with van der Waals surface area (Å²) < 4.78 is 0. The van der Waals surface area contributed by atoms with Gasteiger partial charge in [0.15, 0.2) is 0 Å². The second-order valence-corrected chi connectivity index (χ2v) is 7.69. The summed E-state index contributed by atoms with van der Waals surface area (Å²) in [6, 6.07) is 9.14. The van der Waals surface area contributed by atoms with Crippen molar-refractivity contribution >= 4 is 35.2 Å². The standard InChI is InChI=1S/C24H30N10O3/c35-22(31-19-1-7-25-8-2-19)28-13-16-34(17-14-29-23(36)32-20-3-9-26-10-4-20)18-15-30-24(37)33-21-5-11-27-12-6-21/h1-12H,13-18H2,(H2,25,28,31,35)(H2,26,29,32,36)(H2,27,30,33,37). The van der Waals surface area contributed by atoms with Crippen molar-refractivity contribution < 1.29 is 14.4 Å². The zero-order chi connectivity index (χ0) is 26.1. The average molecular weight is 507 g/mol. The number of nitrogens with zero attached hydrogens (tertiary/aromatic N) is 4. The molecule has 6 N–H and O–H groups in total. The predicted molar refractivity (Wildman–Crippen MR) is 140 cm³/mol. The van der Waals surface area contributed by atoms with Gasteiger partial charge in [0.05, 0.1) is 0 Å². The molecule has 194 valence electrons. The van der Waals surface area contributed by atoms with Crippen molar-refractivity contribution in [3.05, 3.63) is 73.6 Å². The Morgan fingerprint density at radius 1 is 0.514 bits per heavy atom. The molecule has 0 spiro atoms. The van der Waals surface area contributed by atoms with E-state index in [4.69, 9.17) is 0 Å². The number of nitrogens with one attached hydrogen (secondary N) is 6. The van der Waals surface area contributed by atoms with Crippen molar-refractivity contribution in [3.8, 4) is 0 Å². The maximum absolute atomic E-state index is 12.1. The topological polar surface area (TPSA) is 165 Å². The molecule has 0 saturated carbocycles. The summed E-state index contributed by atoms with van der Waals surface area (Å²) in [4.78, 5) is 50.2. The van der Waals surface area contributed by atoms with Crippen molar-refractivity contribution in [3.63, 3.8) is 0 Å². The maximum atomic E-state index is 12.1. The molecule has 0 aliphatic carbocycles. The summed E-state index contributed by atoms with van der Waals surface area (Å²) in [5.41, 5.74) is 1.91. The van der Waals surface area contributed by atoms with Gasteiger partial charge in [0.25, 0.3) is 0 Å². The van der Waals surface area contributed by atoms with Crippen molar-refractivity contribution in [2.24, 2.45) is 0 Å². The molecule has 0 aliphatic heterocycles. The van der Waals surface area contributed by atoms with Crippen LogP contribution in [-0.4, -0.2) is 77.2 Å². The summed E-state index contributed by atoms with van der Waals surface area (Å²) in [6.45, 7) is 2.61. The first-order valence-electron chi connectivity index (χ1n) is 11.7. The number of hydrogen-bond donors (Lipinski definition) is 6. The van der Waals surface area contributed by atoms with Gasteiger partial charge >= 0.3 is 18.1 Å². The Morgan fingerprint density at radius 3 is 1.05 bits per heavy atom. The van der Waals surface area contributed by atoms with Crippen LogP contribution in [0.3, 0.4) is 0 Å². The zero-order valence-electron chi connectivity index (χ0n) is 20.2. The summed E-state index contributed by atoms with van der Waals surface area (Å²) in [5, 5.41) is 16.6. The number of pyridine rings is 3. The molecule has 0 saturated heterocycles. The fourth-order valence-electron chi connectivity index (χ4n) is 3.15. The fourth-order valence-corrected chi connectivity index (χ4v) is 3.15. The van der Waals surface area contributed by atoms with E-state index in [0.717, 1.165) is 0 Å². The molecule has 3 aromatic rings. The second kappa shape index (κ2) is 15.3. The van der Waals surface area contributed by atoms with E-state index >= 15 is 0 Å². The molecule has 0 radical (unpaired) electrons. The lowest BCUT2D eigenvalue weighted by molar-refractivity contribution is 0.238. The zero-order valence-corrected chi connectivity index (χ0v) is 20.2. The molecule has 13 heteroatoms. The van der Waals surface area contributed by atoms with Crippen LogP contribution in [-0.2, 0) is 0 Å². The summed E-state index contributed by atoms with van der Waals surface area (Å²) >= 11 is 0. The molecule has 3 rings (SSSR count). The molecular formula is C24H30N10O3. The Hall–Kier alpha value is -4.78. The number of aromatic nitrogens is 3. The van der Waals surface area contributed by atoms with Gasteiger partial charge in [0.2, 0.25) is 0 Å². The average Bonchev–Trinajstić information content (AvgIpc) is 2.90. The van der Waals surface area contributed by atoms with E-state index in [1.165, 1.54) is 0 Å². The third-order valence-corrected chi connectivity index (χ3v) is 4.96. The van der Waals surface area contributed by atoms with E-state index in [1.807, 2.05) is 4.90 Å². The molecule has 0 bridgehead atoms. The molecule has 0 fully saturated rings. The van der Waals surface area contributed by atoms with Crippen LogP contribution in [0.1, 0.15) is 0 Å². The van der Waals surface area contributed by atoms with Crippen LogP contribution >= 0.6 is 0 Å². The minimum atomic E-state index is -0.337. The summed E-state index contributed by atoms with van der Waals surface area (Å²) in [7, 11) is 0. The highest BCUT2D eigenvalue weighted by Crippen LogP contribution is 2.04. The Bertz CT molecular complexity index is 962. The predicted octanol–water partition coefficient (Wildman–Crippen LogP) is 1.94.